The molecule has 0 saturated carbocycles. The standard InChI is InChI=1S/C23H25NO4S3/c1-23(2,3)19-14-16-20(17-15-19)29-18-24(30(25,26)21-10-6-4-7-11-21)31(27,28)22-12-8-5-9-13-22/h4-17H,18H2,1-3H3. The fourth-order valence-corrected chi connectivity index (χ4v) is 7.90. The molecule has 0 radical (unpaired) electrons. The zero-order chi connectivity index (χ0) is 22.7. The third kappa shape index (κ3) is 5.38. The summed E-state index contributed by atoms with van der Waals surface area (Å²) in [6.45, 7) is 6.32. The largest absolute Gasteiger partial charge is 0.257 e. The Bertz CT molecular complexity index is 1150. The summed E-state index contributed by atoms with van der Waals surface area (Å²) in [4.78, 5) is 0.640. The number of hydrogen-bond acceptors (Lipinski definition) is 5. The topological polar surface area (TPSA) is 71.5 Å². The van der Waals surface area contributed by atoms with Gasteiger partial charge in [0.05, 0.1) is 15.7 Å². The molecule has 0 saturated heterocycles. The fourth-order valence-electron chi connectivity index (χ4n) is 2.87. The molecule has 31 heavy (non-hydrogen) atoms. The fraction of sp³-hybridized carbons (Fsp3) is 0.217. The normalized spacial score (nSPS) is 12.8. The van der Waals surface area contributed by atoms with Crippen molar-refractivity contribution in [3.05, 3.63) is 90.5 Å². The van der Waals surface area contributed by atoms with Gasteiger partial charge in [-0.3, -0.25) is 0 Å². The lowest BCUT2D eigenvalue weighted by Gasteiger charge is -2.22. The van der Waals surface area contributed by atoms with Gasteiger partial charge in [0.2, 0.25) is 0 Å². The van der Waals surface area contributed by atoms with Crippen LogP contribution in [-0.2, 0) is 25.5 Å². The van der Waals surface area contributed by atoms with Crippen molar-refractivity contribution in [2.75, 3.05) is 5.88 Å². The van der Waals surface area contributed by atoms with E-state index in [0.717, 1.165) is 22.2 Å². The molecule has 8 heteroatoms. The third-order valence-corrected chi connectivity index (χ3v) is 10.2. The number of hydrogen-bond donors (Lipinski definition) is 0. The summed E-state index contributed by atoms with van der Waals surface area (Å²) in [7, 11) is -8.57. The van der Waals surface area contributed by atoms with E-state index in [1.54, 1.807) is 36.4 Å². The third-order valence-electron chi connectivity index (χ3n) is 4.68. The minimum atomic E-state index is -4.28. The molecule has 0 heterocycles. The van der Waals surface area contributed by atoms with E-state index in [1.807, 2.05) is 24.3 Å². The molecule has 164 valence electrons. The second kappa shape index (κ2) is 9.16. The number of thioether (sulfide) groups is 1. The molecule has 0 aromatic heterocycles. The van der Waals surface area contributed by atoms with Crippen LogP contribution in [0.25, 0.3) is 0 Å². The Morgan fingerprint density at radius 3 is 1.48 bits per heavy atom. The van der Waals surface area contributed by atoms with Crippen LogP contribution >= 0.6 is 11.8 Å². The van der Waals surface area contributed by atoms with Crippen molar-refractivity contribution in [1.82, 2.24) is 3.71 Å². The average molecular weight is 476 g/mol. The summed E-state index contributed by atoms with van der Waals surface area (Å²) in [5.41, 5.74) is 1.13. The molecule has 3 aromatic rings. The molecule has 3 rings (SSSR count). The van der Waals surface area contributed by atoms with Gasteiger partial charge < -0.3 is 0 Å². The lowest BCUT2D eigenvalue weighted by molar-refractivity contribution is 0.521. The summed E-state index contributed by atoms with van der Waals surface area (Å²) in [6, 6.07) is 22.9. The first kappa shape index (κ1) is 23.5. The Morgan fingerprint density at radius 2 is 1.10 bits per heavy atom. The Hall–Kier alpha value is -2.13. The van der Waals surface area contributed by atoms with Crippen LogP contribution in [0.4, 0.5) is 0 Å². The molecule has 0 spiro atoms. The van der Waals surface area contributed by atoms with Crippen molar-refractivity contribution in [3.63, 3.8) is 0 Å². The average Bonchev–Trinajstić information content (AvgIpc) is 2.74. The summed E-state index contributed by atoms with van der Waals surface area (Å²) >= 11 is 1.16. The van der Waals surface area contributed by atoms with E-state index < -0.39 is 20.0 Å². The van der Waals surface area contributed by atoms with Crippen LogP contribution in [0.15, 0.2) is 99.6 Å². The molecule has 0 aliphatic carbocycles. The maximum Gasteiger partial charge on any atom is 0.257 e. The van der Waals surface area contributed by atoms with Gasteiger partial charge in [-0.15, -0.1) is 11.8 Å². The quantitative estimate of drug-likeness (QED) is 0.351. The molecular weight excluding hydrogens is 450 g/mol. The summed E-state index contributed by atoms with van der Waals surface area (Å²) < 4.78 is 53.7. The van der Waals surface area contributed by atoms with Gasteiger partial charge in [-0.1, -0.05) is 73.0 Å². The summed E-state index contributed by atoms with van der Waals surface area (Å²) in [5, 5.41) is 0. The molecule has 0 aliphatic heterocycles. The molecule has 0 unspecified atom stereocenters. The predicted molar refractivity (Wildman–Crippen MR) is 125 cm³/mol. The molecule has 3 aromatic carbocycles. The highest BCUT2D eigenvalue weighted by atomic mass is 32.3. The Labute approximate surface area is 189 Å². The number of nitrogens with zero attached hydrogens (tertiary/aromatic N) is 1. The second-order valence-corrected chi connectivity index (χ2v) is 12.9. The van der Waals surface area contributed by atoms with Gasteiger partial charge in [0, 0.05) is 4.90 Å². The van der Waals surface area contributed by atoms with Crippen LogP contribution in [0.5, 0.6) is 0 Å². The van der Waals surface area contributed by atoms with Gasteiger partial charge in [-0.25, -0.2) is 16.8 Å². The van der Waals surface area contributed by atoms with E-state index in [1.165, 1.54) is 24.3 Å². The van der Waals surface area contributed by atoms with Gasteiger partial charge >= 0.3 is 0 Å². The number of rotatable bonds is 7. The predicted octanol–water partition coefficient (Wildman–Crippen LogP) is 5.11. The van der Waals surface area contributed by atoms with E-state index in [0.29, 0.717) is 3.71 Å². The Balaban J connectivity index is 1.97. The van der Waals surface area contributed by atoms with Crippen molar-refractivity contribution in [1.29, 1.82) is 0 Å². The van der Waals surface area contributed by atoms with Crippen molar-refractivity contribution in [2.24, 2.45) is 0 Å². The molecular formula is C23H25NO4S3. The zero-order valence-electron chi connectivity index (χ0n) is 17.6. The highest BCUT2D eigenvalue weighted by Gasteiger charge is 2.36. The highest BCUT2D eigenvalue weighted by molar-refractivity contribution is 8.06. The smallest absolute Gasteiger partial charge is 0.206 e. The molecule has 0 bridgehead atoms. The maximum atomic E-state index is 13.3. The van der Waals surface area contributed by atoms with Crippen LogP contribution in [0.2, 0.25) is 0 Å². The molecule has 0 fully saturated rings. The Morgan fingerprint density at radius 1 is 0.677 bits per heavy atom. The van der Waals surface area contributed by atoms with Crippen LogP contribution in [-0.4, -0.2) is 26.4 Å². The molecule has 0 aliphatic rings. The van der Waals surface area contributed by atoms with E-state index in [-0.39, 0.29) is 21.1 Å². The van der Waals surface area contributed by atoms with Crippen LogP contribution in [0, 0.1) is 0 Å². The molecule has 0 N–H and O–H groups in total. The second-order valence-electron chi connectivity index (χ2n) is 7.96. The maximum absolute atomic E-state index is 13.3. The minimum Gasteiger partial charge on any atom is -0.206 e. The summed E-state index contributed by atoms with van der Waals surface area (Å²) in [5.74, 6) is -0.274. The first-order chi connectivity index (χ1) is 14.5. The van der Waals surface area contributed by atoms with Gasteiger partial charge in [0.15, 0.2) is 0 Å². The van der Waals surface area contributed by atoms with Crippen molar-refractivity contribution >= 4 is 31.8 Å². The van der Waals surface area contributed by atoms with E-state index in [9.17, 15) is 16.8 Å². The van der Waals surface area contributed by atoms with Crippen molar-refractivity contribution < 1.29 is 16.8 Å². The highest BCUT2D eigenvalue weighted by Crippen LogP contribution is 2.30. The minimum absolute atomic E-state index is 0.0114. The number of sulfonamides is 2. The number of benzene rings is 3. The van der Waals surface area contributed by atoms with Gasteiger partial charge in [-0.2, -0.15) is 0 Å². The van der Waals surface area contributed by atoms with Gasteiger partial charge in [0.25, 0.3) is 20.0 Å². The van der Waals surface area contributed by atoms with Gasteiger partial charge in [-0.05, 0) is 47.4 Å². The van der Waals surface area contributed by atoms with Crippen molar-refractivity contribution in [2.45, 2.75) is 40.9 Å². The monoisotopic (exact) mass is 475 g/mol. The molecule has 0 atom stereocenters. The first-order valence-corrected chi connectivity index (χ1v) is 13.5. The van der Waals surface area contributed by atoms with Crippen molar-refractivity contribution in [3.8, 4) is 0 Å². The lowest BCUT2D eigenvalue weighted by Crippen LogP contribution is -2.36. The van der Waals surface area contributed by atoms with E-state index in [2.05, 4.69) is 20.8 Å². The first-order valence-electron chi connectivity index (χ1n) is 9.64. The van der Waals surface area contributed by atoms with Crippen LogP contribution in [0.3, 0.4) is 0 Å². The molecule has 0 amide bonds. The van der Waals surface area contributed by atoms with Gasteiger partial charge in [0.1, 0.15) is 0 Å². The SMILES string of the molecule is CC(C)(C)c1ccc(SCN(S(=O)(=O)c2ccccc2)S(=O)(=O)c2ccccc2)cc1. The zero-order valence-corrected chi connectivity index (χ0v) is 20.0. The van der Waals surface area contributed by atoms with E-state index >= 15 is 0 Å². The summed E-state index contributed by atoms with van der Waals surface area (Å²) in [6.07, 6.45) is 0. The van der Waals surface area contributed by atoms with Crippen LogP contribution in [0.1, 0.15) is 26.3 Å². The van der Waals surface area contributed by atoms with Crippen LogP contribution < -0.4 is 0 Å². The lowest BCUT2D eigenvalue weighted by atomic mass is 9.87. The molecule has 5 nitrogen and oxygen atoms in total. The Kier molecular flexibility index (Phi) is 6.95. The van der Waals surface area contributed by atoms with E-state index in [4.69, 9.17) is 0 Å².